The van der Waals surface area contributed by atoms with Crippen LogP contribution in [0.1, 0.15) is 16.7 Å². The molecule has 7 nitrogen and oxygen atoms in total. The van der Waals surface area contributed by atoms with Crippen molar-refractivity contribution in [1.82, 2.24) is 15.3 Å². The van der Waals surface area contributed by atoms with Crippen LogP contribution in [0, 0.1) is 0 Å². The molecule has 1 N–H and O–H groups in total. The van der Waals surface area contributed by atoms with E-state index in [0.717, 1.165) is 82.9 Å². The normalized spacial score (nSPS) is 11.2. The van der Waals surface area contributed by atoms with Crippen molar-refractivity contribution in [3.8, 4) is 23.0 Å². The molecule has 0 fully saturated rings. The Kier molecular flexibility index (Phi) is 8.75. The first-order chi connectivity index (χ1) is 19.6. The molecule has 0 unspecified atom stereocenters. The van der Waals surface area contributed by atoms with Crippen molar-refractivity contribution < 1.29 is 18.9 Å². The Labute approximate surface area is 245 Å². The van der Waals surface area contributed by atoms with Crippen molar-refractivity contribution in [2.75, 3.05) is 35.0 Å². The lowest BCUT2D eigenvalue weighted by molar-refractivity contribution is 0.417. The average molecular weight is 596 g/mol. The quantitative estimate of drug-likeness (QED) is 0.180. The minimum absolute atomic E-state index is 0.482. The van der Waals surface area contributed by atoms with Gasteiger partial charge in [0.1, 0.15) is 22.5 Å². The second kappa shape index (κ2) is 12.4. The van der Waals surface area contributed by atoms with E-state index < -0.39 is 0 Å². The van der Waals surface area contributed by atoms with E-state index in [2.05, 4.69) is 28.3 Å². The zero-order chi connectivity index (χ0) is 28.2. The number of nitrogens with zero attached hydrogens (tertiary/aromatic N) is 2. The Morgan fingerprint density at radius 3 is 1.62 bits per heavy atom. The summed E-state index contributed by atoms with van der Waals surface area (Å²) in [5.74, 6) is 3.79. The van der Waals surface area contributed by atoms with Crippen LogP contribution in [-0.4, -0.2) is 45.0 Å². The molecular formula is C30H30ClN3O4S2. The molecule has 0 amide bonds. The van der Waals surface area contributed by atoms with Gasteiger partial charge < -0.3 is 24.3 Å². The summed E-state index contributed by atoms with van der Waals surface area (Å²) in [7, 11) is 6.73. The standard InChI is InChI=1S/C16H18N2O2S.C14H12ClNO2S/c1-4-17-9-10-8-12-14(19-2)13-11(6-5-7-18-13)15(20-3)16(12)21-10;1-17-12-10-6-8(7-15)19-14(10)13(18-2)9-4-3-5-16-11(9)12/h5-8,17H,4,9H2,1-3H3;3-6H,7H2,1-2H3. The Balaban J connectivity index is 0.000000162. The zero-order valence-electron chi connectivity index (χ0n) is 23.0. The number of nitrogens with one attached hydrogen (secondary N) is 1. The third kappa shape index (κ3) is 4.99. The summed E-state index contributed by atoms with van der Waals surface area (Å²) in [6.45, 7) is 3.91. The zero-order valence-corrected chi connectivity index (χ0v) is 25.4. The summed E-state index contributed by atoms with van der Waals surface area (Å²) in [4.78, 5) is 11.2. The second-order valence-electron chi connectivity index (χ2n) is 8.76. The summed E-state index contributed by atoms with van der Waals surface area (Å²) >= 11 is 9.30. The van der Waals surface area contributed by atoms with Gasteiger partial charge in [0.15, 0.2) is 11.5 Å². The highest BCUT2D eigenvalue weighted by atomic mass is 35.5. The molecule has 10 heteroatoms. The number of thiophene rings is 2. The average Bonchev–Trinajstić information content (AvgIpc) is 3.62. The third-order valence-corrected chi connectivity index (χ3v) is 9.21. The number of pyridine rings is 2. The molecule has 2 aromatic carbocycles. The number of methoxy groups -OCH3 is 4. The smallest absolute Gasteiger partial charge is 0.154 e. The predicted molar refractivity (Wildman–Crippen MR) is 167 cm³/mol. The number of fused-ring (bicyclic) bond motifs is 4. The van der Waals surface area contributed by atoms with Gasteiger partial charge in [-0.15, -0.1) is 34.3 Å². The number of alkyl halides is 1. The van der Waals surface area contributed by atoms with E-state index in [1.165, 1.54) is 4.88 Å². The Morgan fingerprint density at radius 1 is 0.700 bits per heavy atom. The van der Waals surface area contributed by atoms with Gasteiger partial charge >= 0.3 is 0 Å². The minimum atomic E-state index is 0.482. The molecule has 0 radical (unpaired) electrons. The van der Waals surface area contributed by atoms with Crippen LogP contribution >= 0.6 is 34.3 Å². The van der Waals surface area contributed by atoms with Crippen molar-refractivity contribution in [1.29, 1.82) is 0 Å². The first kappa shape index (κ1) is 28.2. The van der Waals surface area contributed by atoms with E-state index in [9.17, 15) is 0 Å². The number of ether oxygens (including phenoxy) is 4. The van der Waals surface area contributed by atoms with E-state index in [-0.39, 0.29) is 0 Å². The predicted octanol–water partition coefficient (Wildman–Crippen LogP) is 7.78. The SMILES string of the molecule is CCNCc1cc2c(OC)c3ncccc3c(OC)c2s1.COc1c2cc(CCl)sc2c(OC)c2cccnc12. The van der Waals surface area contributed by atoms with Crippen molar-refractivity contribution in [2.24, 2.45) is 0 Å². The van der Waals surface area contributed by atoms with Crippen LogP contribution in [0.4, 0.5) is 0 Å². The summed E-state index contributed by atoms with van der Waals surface area (Å²) in [6, 6.07) is 12.0. The summed E-state index contributed by atoms with van der Waals surface area (Å²) in [5.41, 5.74) is 1.66. The monoisotopic (exact) mass is 595 g/mol. The van der Waals surface area contributed by atoms with Gasteiger partial charge in [0.05, 0.1) is 43.7 Å². The number of aromatic nitrogens is 2. The molecule has 4 aromatic heterocycles. The second-order valence-corrected chi connectivity index (χ2v) is 11.3. The molecular weight excluding hydrogens is 566 g/mol. The number of benzene rings is 2. The summed E-state index contributed by atoms with van der Waals surface area (Å²) in [6.07, 6.45) is 3.53. The molecule has 0 bridgehead atoms. The molecule has 6 rings (SSSR count). The highest BCUT2D eigenvalue weighted by Crippen LogP contribution is 2.46. The molecule has 0 spiro atoms. The van der Waals surface area contributed by atoms with Crippen molar-refractivity contribution in [3.05, 3.63) is 58.5 Å². The molecule has 6 aromatic rings. The van der Waals surface area contributed by atoms with E-state index in [1.54, 1.807) is 63.5 Å². The van der Waals surface area contributed by atoms with Crippen molar-refractivity contribution in [3.63, 3.8) is 0 Å². The van der Waals surface area contributed by atoms with Gasteiger partial charge in [0.25, 0.3) is 0 Å². The fourth-order valence-electron chi connectivity index (χ4n) is 4.82. The lowest BCUT2D eigenvalue weighted by Crippen LogP contribution is -2.10. The van der Waals surface area contributed by atoms with Crippen molar-refractivity contribution in [2.45, 2.75) is 19.3 Å². The molecule has 40 heavy (non-hydrogen) atoms. The van der Waals surface area contributed by atoms with E-state index in [1.807, 2.05) is 30.3 Å². The Morgan fingerprint density at radius 2 is 1.18 bits per heavy atom. The van der Waals surface area contributed by atoms with Crippen LogP contribution in [0.25, 0.3) is 42.0 Å². The van der Waals surface area contributed by atoms with Crippen LogP contribution < -0.4 is 24.3 Å². The minimum Gasteiger partial charge on any atom is -0.495 e. The Bertz CT molecular complexity index is 1680. The maximum Gasteiger partial charge on any atom is 0.154 e. The highest BCUT2D eigenvalue weighted by molar-refractivity contribution is 7.20. The molecule has 0 saturated carbocycles. The topological polar surface area (TPSA) is 74.7 Å². The number of rotatable bonds is 8. The van der Waals surface area contributed by atoms with Crippen LogP contribution in [0.5, 0.6) is 23.0 Å². The van der Waals surface area contributed by atoms with E-state index in [4.69, 9.17) is 30.5 Å². The molecule has 0 aliphatic heterocycles. The van der Waals surface area contributed by atoms with Gasteiger partial charge in [-0.1, -0.05) is 6.92 Å². The molecule has 4 heterocycles. The van der Waals surface area contributed by atoms with E-state index >= 15 is 0 Å². The maximum atomic E-state index is 5.93. The Hall–Kier alpha value is -3.37. The van der Waals surface area contributed by atoms with Gasteiger partial charge in [-0.3, -0.25) is 9.97 Å². The maximum absolute atomic E-state index is 5.93. The number of hydrogen-bond donors (Lipinski definition) is 1. The summed E-state index contributed by atoms with van der Waals surface area (Å²) in [5, 5.41) is 7.37. The van der Waals surface area contributed by atoms with Crippen LogP contribution in [0.15, 0.2) is 48.8 Å². The lowest BCUT2D eigenvalue weighted by Gasteiger charge is -2.10. The number of hydrogen-bond acceptors (Lipinski definition) is 9. The highest BCUT2D eigenvalue weighted by Gasteiger charge is 2.20. The van der Waals surface area contributed by atoms with Gasteiger partial charge in [0.2, 0.25) is 0 Å². The van der Waals surface area contributed by atoms with Gasteiger partial charge in [-0.2, -0.15) is 0 Å². The van der Waals surface area contributed by atoms with Gasteiger partial charge in [-0.05, 0) is 42.9 Å². The largest absolute Gasteiger partial charge is 0.495 e. The fourth-order valence-corrected chi connectivity index (χ4v) is 7.26. The van der Waals surface area contributed by atoms with Gasteiger partial charge in [-0.25, -0.2) is 0 Å². The number of halogens is 1. The molecule has 208 valence electrons. The van der Waals surface area contributed by atoms with Gasteiger partial charge in [0, 0.05) is 50.2 Å². The first-order valence-corrected chi connectivity index (χ1v) is 14.9. The van der Waals surface area contributed by atoms with Crippen molar-refractivity contribution >= 4 is 76.3 Å². The van der Waals surface area contributed by atoms with E-state index in [0.29, 0.717) is 5.88 Å². The summed E-state index contributed by atoms with van der Waals surface area (Å²) < 4.78 is 24.6. The third-order valence-electron chi connectivity index (χ3n) is 6.50. The first-order valence-electron chi connectivity index (χ1n) is 12.7. The molecule has 0 aliphatic carbocycles. The molecule has 0 saturated heterocycles. The van der Waals surface area contributed by atoms with Crippen LogP contribution in [0.3, 0.4) is 0 Å². The van der Waals surface area contributed by atoms with Crippen LogP contribution in [-0.2, 0) is 12.4 Å². The van der Waals surface area contributed by atoms with Crippen LogP contribution in [0.2, 0.25) is 0 Å². The lowest BCUT2D eigenvalue weighted by atomic mass is 10.1. The molecule has 0 atom stereocenters. The molecule has 0 aliphatic rings. The fraction of sp³-hybridized carbons (Fsp3) is 0.267.